The fraction of sp³-hybridized carbons (Fsp3) is 0.400. The Morgan fingerprint density at radius 2 is 0.967 bits per heavy atom. The minimum atomic E-state index is -3.75. The Balaban J connectivity index is 1.86. The van der Waals surface area contributed by atoms with Crippen molar-refractivity contribution in [2.45, 2.75) is 36.5 Å². The van der Waals surface area contributed by atoms with Gasteiger partial charge in [0.15, 0.2) is 0 Å². The molecule has 2 aromatic carbocycles. The fourth-order valence-electron chi connectivity index (χ4n) is 2.41. The van der Waals surface area contributed by atoms with Crippen molar-refractivity contribution in [3.8, 4) is 11.5 Å². The quantitative estimate of drug-likeness (QED) is 0.448. The highest BCUT2D eigenvalue weighted by Gasteiger charge is 2.16. The van der Waals surface area contributed by atoms with Gasteiger partial charge < -0.3 is 9.47 Å². The first-order valence-corrected chi connectivity index (χ1v) is 12.7. The molecule has 2 aromatic rings. The van der Waals surface area contributed by atoms with E-state index in [1.165, 1.54) is 24.3 Å². The van der Waals surface area contributed by atoms with Crippen LogP contribution in [0.15, 0.2) is 58.3 Å². The van der Waals surface area contributed by atoms with E-state index in [9.17, 15) is 16.8 Å². The van der Waals surface area contributed by atoms with Crippen molar-refractivity contribution in [3.05, 3.63) is 48.5 Å². The van der Waals surface area contributed by atoms with E-state index in [0.717, 1.165) is 12.8 Å². The summed E-state index contributed by atoms with van der Waals surface area (Å²) in [4.78, 5) is 0.161. The third-order valence-corrected chi connectivity index (χ3v) is 6.88. The SMILES string of the molecule is CCCOc1ccc(S(=O)(=O)NCCNS(=O)(=O)c2ccc(OCCC)cc2)cc1. The second-order valence-electron chi connectivity index (χ2n) is 6.44. The lowest BCUT2D eigenvalue weighted by Gasteiger charge is -2.10. The molecule has 0 aliphatic carbocycles. The number of rotatable bonds is 13. The summed E-state index contributed by atoms with van der Waals surface area (Å²) in [5, 5.41) is 0. The molecule has 0 fully saturated rings. The molecule has 0 aromatic heterocycles. The Hall–Kier alpha value is -2.14. The molecule has 0 saturated heterocycles. The van der Waals surface area contributed by atoms with Crippen molar-refractivity contribution in [1.29, 1.82) is 0 Å². The highest BCUT2D eigenvalue weighted by molar-refractivity contribution is 7.89. The zero-order valence-corrected chi connectivity index (χ0v) is 18.8. The van der Waals surface area contributed by atoms with Crippen molar-refractivity contribution in [3.63, 3.8) is 0 Å². The average Bonchev–Trinajstić information content (AvgIpc) is 2.74. The minimum Gasteiger partial charge on any atom is -0.494 e. The zero-order valence-electron chi connectivity index (χ0n) is 17.1. The van der Waals surface area contributed by atoms with Gasteiger partial charge in [-0.05, 0) is 61.4 Å². The van der Waals surface area contributed by atoms with Gasteiger partial charge in [-0.25, -0.2) is 26.3 Å². The Labute approximate surface area is 178 Å². The van der Waals surface area contributed by atoms with E-state index in [-0.39, 0.29) is 22.9 Å². The molecule has 0 heterocycles. The summed E-state index contributed by atoms with van der Waals surface area (Å²) in [5.74, 6) is 1.18. The maximum absolute atomic E-state index is 12.3. The highest BCUT2D eigenvalue weighted by Crippen LogP contribution is 2.17. The van der Waals surface area contributed by atoms with Gasteiger partial charge in [-0.1, -0.05) is 13.8 Å². The van der Waals surface area contributed by atoms with E-state index < -0.39 is 20.0 Å². The van der Waals surface area contributed by atoms with Crippen LogP contribution in [0.2, 0.25) is 0 Å². The molecule has 0 radical (unpaired) electrons. The van der Waals surface area contributed by atoms with Crippen LogP contribution in [0.5, 0.6) is 11.5 Å². The molecule has 0 spiro atoms. The van der Waals surface area contributed by atoms with Crippen LogP contribution in [0.4, 0.5) is 0 Å². The van der Waals surface area contributed by atoms with Crippen molar-refractivity contribution in [2.24, 2.45) is 0 Å². The molecule has 0 aliphatic rings. The number of benzene rings is 2. The second-order valence-corrected chi connectivity index (χ2v) is 9.97. The van der Waals surface area contributed by atoms with Gasteiger partial charge in [0.05, 0.1) is 23.0 Å². The Morgan fingerprint density at radius 3 is 1.27 bits per heavy atom. The van der Waals surface area contributed by atoms with Crippen LogP contribution >= 0.6 is 0 Å². The molecular weight excluding hydrogens is 428 g/mol. The van der Waals surface area contributed by atoms with Gasteiger partial charge in [0.25, 0.3) is 0 Å². The maximum atomic E-state index is 12.3. The number of ether oxygens (including phenoxy) is 2. The van der Waals surface area contributed by atoms with Crippen molar-refractivity contribution in [2.75, 3.05) is 26.3 Å². The molecule has 10 heteroatoms. The van der Waals surface area contributed by atoms with Gasteiger partial charge in [0.2, 0.25) is 20.0 Å². The van der Waals surface area contributed by atoms with Gasteiger partial charge in [-0.3, -0.25) is 0 Å². The Kier molecular flexibility index (Phi) is 9.09. The molecule has 0 saturated carbocycles. The number of hydrogen-bond acceptors (Lipinski definition) is 6. The van der Waals surface area contributed by atoms with Crippen LogP contribution in [-0.4, -0.2) is 43.1 Å². The standard InChI is InChI=1S/C20H28N2O6S2/c1-3-15-27-17-5-9-19(10-6-17)29(23,24)21-13-14-22-30(25,26)20-11-7-18(8-12-20)28-16-4-2/h5-12,21-22H,3-4,13-16H2,1-2H3. The Bertz CT molecular complexity index is 905. The number of hydrogen-bond donors (Lipinski definition) is 2. The van der Waals surface area contributed by atoms with Gasteiger partial charge in [0, 0.05) is 13.1 Å². The summed E-state index contributed by atoms with van der Waals surface area (Å²) in [6.07, 6.45) is 1.71. The molecule has 0 atom stereocenters. The normalized spacial score (nSPS) is 11.9. The van der Waals surface area contributed by atoms with Crippen LogP contribution in [0.3, 0.4) is 0 Å². The molecular formula is C20H28N2O6S2. The smallest absolute Gasteiger partial charge is 0.240 e. The average molecular weight is 457 g/mol. The van der Waals surface area contributed by atoms with E-state index in [1.54, 1.807) is 24.3 Å². The third kappa shape index (κ3) is 7.28. The molecule has 0 bridgehead atoms. The molecule has 0 unspecified atom stereocenters. The molecule has 30 heavy (non-hydrogen) atoms. The van der Waals surface area contributed by atoms with Gasteiger partial charge in [0.1, 0.15) is 11.5 Å². The van der Waals surface area contributed by atoms with Crippen LogP contribution in [0, 0.1) is 0 Å². The molecule has 8 nitrogen and oxygen atoms in total. The molecule has 0 amide bonds. The van der Waals surface area contributed by atoms with E-state index in [4.69, 9.17) is 9.47 Å². The predicted octanol–water partition coefficient (Wildman–Crippen LogP) is 2.52. The van der Waals surface area contributed by atoms with Crippen molar-refractivity contribution < 1.29 is 26.3 Å². The summed E-state index contributed by atoms with van der Waals surface area (Å²) in [6.45, 7) is 4.89. The molecule has 2 N–H and O–H groups in total. The van der Waals surface area contributed by atoms with Gasteiger partial charge in [-0.2, -0.15) is 0 Å². The molecule has 0 aliphatic heterocycles. The van der Waals surface area contributed by atoms with E-state index in [1.807, 2.05) is 13.8 Å². The maximum Gasteiger partial charge on any atom is 0.240 e. The van der Waals surface area contributed by atoms with E-state index >= 15 is 0 Å². The van der Waals surface area contributed by atoms with Gasteiger partial charge in [-0.15, -0.1) is 0 Å². The lowest BCUT2D eigenvalue weighted by molar-refractivity contribution is 0.317. The van der Waals surface area contributed by atoms with Gasteiger partial charge >= 0.3 is 0 Å². The fourth-order valence-corrected chi connectivity index (χ4v) is 4.47. The summed E-state index contributed by atoms with van der Waals surface area (Å²) >= 11 is 0. The molecule has 2 rings (SSSR count). The van der Waals surface area contributed by atoms with Crippen molar-refractivity contribution in [1.82, 2.24) is 9.44 Å². The molecule has 166 valence electrons. The Morgan fingerprint density at radius 1 is 0.633 bits per heavy atom. The lowest BCUT2D eigenvalue weighted by Crippen LogP contribution is -2.34. The largest absolute Gasteiger partial charge is 0.494 e. The number of nitrogens with one attached hydrogen (secondary N) is 2. The van der Waals surface area contributed by atoms with E-state index in [0.29, 0.717) is 24.7 Å². The monoisotopic (exact) mass is 456 g/mol. The summed E-state index contributed by atoms with van der Waals surface area (Å²) in [7, 11) is -7.50. The van der Waals surface area contributed by atoms with E-state index in [2.05, 4.69) is 9.44 Å². The number of sulfonamides is 2. The van der Waals surface area contributed by atoms with Crippen molar-refractivity contribution >= 4 is 20.0 Å². The van der Waals surface area contributed by atoms with Crippen LogP contribution < -0.4 is 18.9 Å². The van der Waals surface area contributed by atoms with Crippen LogP contribution in [0.1, 0.15) is 26.7 Å². The summed E-state index contributed by atoms with van der Waals surface area (Å²) < 4.78 is 64.9. The van der Waals surface area contributed by atoms with Crippen LogP contribution in [0.25, 0.3) is 0 Å². The second kappa shape index (κ2) is 11.3. The first-order chi connectivity index (χ1) is 14.3. The lowest BCUT2D eigenvalue weighted by atomic mass is 10.3. The first kappa shape index (κ1) is 24.1. The zero-order chi connectivity index (χ0) is 22.0. The first-order valence-electron chi connectivity index (χ1n) is 9.73. The predicted molar refractivity (Wildman–Crippen MR) is 115 cm³/mol. The topological polar surface area (TPSA) is 111 Å². The summed E-state index contributed by atoms with van der Waals surface area (Å²) in [5.41, 5.74) is 0. The van der Waals surface area contributed by atoms with Crippen LogP contribution in [-0.2, 0) is 20.0 Å². The summed E-state index contributed by atoms with van der Waals surface area (Å²) in [6, 6.07) is 12.1. The third-order valence-electron chi connectivity index (χ3n) is 3.92. The highest BCUT2D eigenvalue weighted by atomic mass is 32.2. The minimum absolute atomic E-state index is 0.0804.